The summed E-state index contributed by atoms with van der Waals surface area (Å²) in [6.07, 6.45) is -0.291. The third kappa shape index (κ3) is 4.26. The molecule has 1 aromatic carbocycles. The van der Waals surface area contributed by atoms with Crippen LogP contribution in [0.25, 0.3) is 0 Å². The molecule has 0 radical (unpaired) electrons. The largest absolute Gasteiger partial charge is 0.466 e. The Kier molecular flexibility index (Phi) is 5.51. The summed E-state index contributed by atoms with van der Waals surface area (Å²) in [5.41, 5.74) is 1.14. The molecule has 2 rings (SSSR count). The first-order valence-corrected chi connectivity index (χ1v) is 7.61. The topological polar surface area (TPSA) is 62.5 Å². The highest BCUT2D eigenvalue weighted by Gasteiger charge is 2.15. The Morgan fingerprint density at radius 2 is 1.86 bits per heavy atom. The van der Waals surface area contributed by atoms with Crippen molar-refractivity contribution in [2.75, 3.05) is 6.54 Å². The lowest BCUT2D eigenvalue weighted by atomic mass is 10.1. The van der Waals surface area contributed by atoms with Crippen molar-refractivity contribution < 1.29 is 14.3 Å². The van der Waals surface area contributed by atoms with Crippen molar-refractivity contribution in [2.45, 2.75) is 26.4 Å². The van der Waals surface area contributed by atoms with Gasteiger partial charge in [0.1, 0.15) is 11.5 Å². The van der Waals surface area contributed by atoms with Gasteiger partial charge < -0.3 is 14.8 Å². The van der Waals surface area contributed by atoms with Gasteiger partial charge in [0.15, 0.2) is 0 Å². The predicted octanol–water partition coefficient (Wildman–Crippen LogP) is 4.06. The summed E-state index contributed by atoms with van der Waals surface area (Å²) in [5.74, 6) is 1.17. The molecule has 0 saturated carbocycles. The van der Waals surface area contributed by atoms with Crippen LogP contribution in [0.2, 0.25) is 10.0 Å². The van der Waals surface area contributed by atoms with E-state index < -0.39 is 6.10 Å². The minimum atomic E-state index is -0.680. The Bertz CT molecular complexity index is 662. The van der Waals surface area contributed by atoms with E-state index in [9.17, 15) is 9.90 Å². The van der Waals surface area contributed by atoms with Gasteiger partial charge in [-0.25, -0.2) is 0 Å². The van der Waals surface area contributed by atoms with Gasteiger partial charge >= 0.3 is 0 Å². The third-order valence-electron chi connectivity index (χ3n) is 3.27. The zero-order chi connectivity index (χ0) is 16.3. The van der Waals surface area contributed by atoms with Crippen LogP contribution in [0.4, 0.5) is 0 Å². The molecule has 2 N–H and O–H groups in total. The quantitative estimate of drug-likeness (QED) is 0.861. The van der Waals surface area contributed by atoms with Crippen LogP contribution in [0.15, 0.2) is 28.7 Å². The van der Waals surface area contributed by atoms with Crippen molar-refractivity contribution in [3.63, 3.8) is 0 Å². The van der Waals surface area contributed by atoms with E-state index in [-0.39, 0.29) is 5.91 Å². The summed E-state index contributed by atoms with van der Waals surface area (Å²) in [4.78, 5) is 12.0. The number of amides is 1. The van der Waals surface area contributed by atoms with Crippen molar-refractivity contribution in [1.29, 1.82) is 0 Å². The summed E-state index contributed by atoms with van der Waals surface area (Å²) in [6.45, 7) is 3.96. The fraction of sp³-hybridized carbons (Fsp3) is 0.312. The summed E-state index contributed by atoms with van der Waals surface area (Å²) in [6, 6.07) is 6.46. The predicted molar refractivity (Wildman–Crippen MR) is 86.6 cm³/mol. The second-order valence-corrected chi connectivity index (χ2v) is 5.96. The van der Waals surface area contributed by atoms with Crippen molar-refractivity contribution >= 4 is 29.1 Å². The molecule has 0 saturated heterocycles. The van der Waals surface area contributed by atoms with E-state index in [0.717, 1.165) is 11.3 Å². The summed E-state index contributed by atoms with van der Waals surface area (Å²) >= 11 is 11.7. The van der Waals surface area contributed by atoms with Gasteiger partial charge in [-0.1, -0.05) is 23.2 Å². The average Bonchev–Trinajstić information content (AvgIpc) is 2.76. The summed E-state index contributed by atoms with van der Waals surface area (Å²) in [5, 5.41) is 13.7. The van der Waals surface area contributed by atoms with Crippen molar-refractivity contribution in [2.24, 2.45) is 0 Å². The zero-order valence-electron chi connectivity index (χ0n) is 12.3. The Balaban J connectivity index is 1.90. The molecule has 4 nitrogen and oxygen atoms in total. The maximum absolute atomic E-state index is 12.0. The lowest BCUT2D eigenvalue weighted by Gasteiger charge is -2.11. The molecule has 0 bridgehead atoms. The molecule has 0 aliphatic rings. The van der Waals surface area contributed by atoms with Crippen LogP contribution >= 0.6 is 23.2 Å². The Labute approximate surface area is 139 Å². The summed E-state index contributed by atoms with van der Waals surface area (Å²) < 4.78 is 5.38. The number of aliphatic hydroxyl groups is 1. The molecule has 0 aliphatic carbocycles. The van der Waals surface area contributed by atoms with Crippen LogP contribution in [-0.2, 0) is 0 Å². The first-order valence-electron chi connectivity index (χ1n) is 6.86. The maximum atomic E-state index is 12.0. The fourth-order valence-electron chi connectivity index (χ4n) is 2.25. The maximum Gasteiger partial charge on any atom is 0.251 e. The third-order valence-corrected chi connectivity index (χ3v) is 3.70. The number of halogens is 2. The number of rotatable bonds is 5. The van der Waals surface area contributed by atoms with Crippen LogP contribution < -0.4 is 5.32 Å². The molecule has 1 unspecified atom stereocenters. The fourth-order valence-corrected chi connectivity index (χ4v) is 2.77. The second kappa shape index (κ2) is 7.18. The summed E-state index contributed by atoms with van der Waals surface area (Å²) in [7, 11) is 0. The number of aliphatic hydroxyl groups excluding tert-OH is 1. The first-order chi connectivity index (χ1) is 10.4. The highest BCUT2D eigenvalue weighted by Crippen LogP contribution is 2.23. The Morgan fingerprint density at radius 1 is 1.23 bits per heavy atom. The number of hydrogen-bond donors (Lipinski definition) is 2. The van der Waals surface area contributed by atoms with Gasteiger partial charge in [-0.2, -0.15) is 0 Å². The van der Waals surface area contributed by atoms with E-state index in [0.29, 0.717) is 34.3 Å². The van der Waals surface area contributed by atoms with Gasteiger partial charge in [0.05, 0.1) is 6.10 Å². The van der Waals surface area contributed by atoms with Crippen molar-refractivity contribution in [3.8, 4) is 0 Å². The van der Waals surface area contributed by atoms with Gasteiger partial charge in [-0.05, 0) is 44.5 Å². The lowest BCUT2D eigenvalue weighted by Crippen LogP contribution is -2.25. The minimum absolute atomic E-state index is 0.281. The van der Waals surface area contributed by atoms with Crippen LogP contribution in [0.1, 0.15) is 40.0 Å². The number of nitrogens with one attached hydrogen (secondary N) is 1. The van der Waals surface area contributed by atoms with E-state index in [4.69, 9.17) is 27.6 Å². The molecular formula is C16H17Cl2NO3. The van der Waals surface area contributed by atoms with E-state index in [1.165, 1.54) is 0 Å². The minimum Gasteiger partial charge on any atom is -0.466 e. The average molecular weight is 342 g/mol. The number of furan rings is 1. The van der Waals surface area contributed by atoms with Gasteiger partial charge in [0.25, 0.3) is 5.91 Å². The smallest absolute Gasteiger partial charge is 0.251 e. The second-order valence-electron chi connectivity index (χ2n) is 5.09. The molecule has 1 atom stereocenters. The number of hydrogen-bond acceptors (Lipinski definition) is 3. The molecule has 6 heteroatoms. The van der Waals surface area contributed by atoms with Gasteiger partial charge in [0.2, 0.25) is 0 Å². The van der Waals surface area contributed by atoms with Gasteiger partial charge in [-0.15, -0.1) is 0 Å². The monoisotopic (exact) mass is 341 g/mol. The standard InChI is InChI=1S/C16H17Cl2NO3/c1-9-5-14(10(2)22-9)15(20)3-4-19-16(21)11-6-12(17)8-13(18)7-11/h5-8,15,20H,3-4H2,1-2H3,(H,19,21). The molecule has 2 aromatic rings. The molecular weight excluding hydrogens is 325 g/mol. The number of aryl methyl sites for hydroxylation is 2. The van der Waals surface area contributed by atoms with Gasteiger partial charge in [0, 0.05) is 27.7 Å². The van der Waals surface area contributed by atoms with Crippen molar-refractivity contribution in [1.82, 2.24) is 5.32 Å². The van der Waals surface area contributed by atoms with E-state index >= 15 is 0 Å². The first kappa shape index (κ1) is 16.9. The van der Waals surface area contributed by atoms with E-state index in [2.05, 4.69) is 5.32 Å². The van der Waals surface area contributed by atoms with Crippen LogP contribution in [0.5, 0.6) is 0 Å². The number of carbonyl (C=O) groups excluding carboxylic acids is 1. The Morgan fingerprint density at radius 3 is 2.41 bits per heavy atom. The van der Waals surface area contributed by atoms with Crippen molar-refractivity contribution in [3.05, 3.63) is 57.0 Å². The molecule has 1 heterocycles. The zero-order valence-corrected chi connectivity index (χ0v) is 13.8. The molecule has 0 aliphatic heterocycles. The molecule has 0 fully saturated rings. The van der Waals surface area contributed by atoms with E-state index in [1.807, 2.05) is 6.92 Å². The van der Waals surface area contributed by atoms with Crippen LogP contribution in [-0.4, -0.2) is 17.6 Å². The molecule has 22 heavy (non-hydrogen) atoms. The molecule has 1 aromatic heterocycles. The number of benzene rings is 1. The van der Waals surface area contributed by atoms with E-state index in [1.54, 1.807) is 31.2 Å². The molecule has 0 spiro atoms. The van der Waals surface area contributed by atoms with Crippen LogP contribution in [0.3, 0.4) is 0 Å². The molecule has 1 amide bonds. The lowest BCUT2D eigenvalue weighted by molar-refractivity contribution is 0.0942. The highest BCUT2D eigenvalue weighted by molar-refractivity contribution is 6.35. The normalized spacial score (nSPS) is 12.2. The van der Waals surface area contributed by atoms with Gasteiger partial charge in [-0.3, -0.25) is 4.79 Å². The Hall–Kier alpha value is -1.49. The SMILES string of the molecule is Cc1cc(C(O)CCNC(=O)c2cc(Cl)cc(Cl)c2)c(C)o1. The number of carbonyl (C=O) groups is 1. The molecule has 118 valence electrons. The highest BCUT2D eigenvalue weighted by atomic mass is 35.5. The van der Waals surface area contributed by atoms with Crippen LogP contribution in [0, 0.1) is 13.8 Å².